The highest BCUT2D eigenvalue weighted by Crippen LogP contribution is 2.19. The van der Waals surface area contributed by atoms with Gasteiger partial charge in [-0.05, 0) is 27.7 Å². The van der Waals surface area contributed by atoms with Crippen LogP contribution in [0.25, 0.3) is 0 Å². The second-order valence-corrected chi connectivity index (χ2v) is 5.83. The quantitative estimate of drug-likeness (QED) is 0.866. The Morgan fingerprint density at radius 3 is 2.82 bits per heavy atom. The minimum Gasteiger partial charge on any atom is -0.314 e. The van der Waals surface area contributed by atoms with Crippen LogP contribution in [0.3, 0.4) is 0 Å². The summed E-state index contributed by atoms with van der Waals surface area (Å²) in [6.07, 6.45) is 4.17. The van der Waals surface area contributed by atoms with Gasteiger partial charge in [0, 0.05) is 49.5 Å². The molecule has 4 nitrogen and oxygen atoms in total. The van der Waals surface area contributed by atoms with Gasteiger partial charge in [0.15, 0.2) is 0 Å². The molecule has 0 aliphatic carbocycles. The molecule has 1 saturated heterocycles. The molecule has 1 fully saturated rings. The molecular weight excluding hydrogens is 212 g/mol. The molecule has 0 bridgehead atoms. The summed E-state index contributed by atoms with van der Waals surface area (Å²) in [5.74, 6) is 0. The monoisotopic (exact) mass is 236 g/mol. The molecule has 0 amide bonds. The van der Waals surface area contributed by atoms with E-state index in [0.717, 1.165) is 26.2 Å². The van der Waals surface area contributed by atoms with E-state index in [4.69, 9.17) is 0 Å². The summed E-state index contributed by atoms with van der Waals surface area (Å²) in [4.78, 5) is 2.53. The number of piperazine rings is 1. The smallest absolute Gasteiger partial charge is 0.0534 e. The van der Waals surface area contributed by atoms with Gasteiger partial charge in [-0.25, -0.2) is 0 Å². The van der Waals surface area contributed by atoms with Crippen molar-refractivity contribution in [2.24, 2.45) is 0 Å². The first kappa shape index (κ1) is 12.6. The lowest BCUT2D eigenvalue weighted by molar-refractivity contribution is 0.0827. The van der Waals surface area contributed by atoms with Gasteiger partial charge >= 0.3 is 0 Å². The largest absolute Gasteiger partial charge is 0.314 e. The van der Waals surface area contributed by atoms with Crippen molar-refractivity contribution >= 4 is 0 Å². The topological polar surface area (TPSA) is 33.1 Å². The summed E-state index contributed by atoms with van der Waals surface area (Å²) in [5, 5.41) is 7.86. The van der Waals surface area contributed by atoms with E-state index in [2.05, 4.69) is 49.2 Å². The summed E-state index contributed by atoms with van der Waals surface area (Å²) in [6, 6.07) is 0.444. The van der Waals surface area contributed by atoms with E-state index in [1.54, 1.807) is 0 Å². The highest BCUT2D eigenvalue weighted by molar-refractivity contribution is 5.06. The standard InChI is InChI=1S/C13H24N4/c1-11(2)17-9-12(7-15-17)8-16-6-5-14-10-13(16,3)4/h7,9,11,14H,5-6,8,10H2,1-4H3. The van der Waals surface area contributed by atoms with Crippen LogP contribution in [0.4, 0.5) is 0 Å². The average Bonchev–Trinajstić information content (AvgIpc) is 2.70. The Balaban J connectivity index is 2.04. The third-order valence-electron chi connectivity index (χ3n) is 3.53. The van der Waals surface area contributed by atoms with Crippen molar-refractivity contribution < 1.29 is 0 Å². The molecule has 4 heteroatoms. The van der Waals surface area contributed by atoms with E-state index < -0.39 is 0 Å². The lowest BCUT2D eigenvalue weighted by Crippen LogP contribution is -2.57. The van der Waals surface area contributed by atoms with Gasteiger partial charge < -0.3 is 5.32 Å². The molecule has 1 aromatic rings. The second-order valence-electron chi connectivity index (χ2n) is 5.83. The van der Waals surface area contributed by atoms with Crippen molar-refractivity contribution in [3.63, 3.8) is 0 Å². The zero-order valence-corrected chi connectivity index (χ0v) is 11.4. The summed E-state index contributed by atoms with van der Waals surface area (Å²) in [5.41, 5.74) is 1.55. The molecule has 0 saturated carbocycles. The summed E-state index contributed by atoms with van der Waals surface area (Å²) in [7, 11) is 0. The SMILES string of the molecule is CC(C)n1cc(CN2CCNCC2(C)C)cn1. The molecule has 1 aliphatic heterocycles. The second kappa shape index (κ2) is 4.78. The molecule has 1 aromatic heterocycles. The van der Waals surface area contributed by atoms with Crippen LogP contribution < -0.4 is 5.32 Å². The van der Waals surface area contributed by atoms with Gasteiger partial charge in [-0.2, -0.15) is 5.10 Å². The van der Waals surface area contributed by atoms with Crippen LogP contribution in [0.2, 0.25) is 0 Å². The molecule has 0 spiro atoms. The number of hydrogen-bond donors (Lipinski definition) is 1. The molecule has 2 heterocycles. The van der Waals surface area contributed by atoms with Crippen LogP contribution in [0.1, 0.15) is 39.3 Å². The van der Waals surface area contributed by atoms with Crippen molar-refractivity contribution in [1.82, 2.24) is 20.0 Å². The molecular formula is C13H24N4. The fourth-order valence-electron chi connectivity index (χ4n) is 2.28. The Morgan fingerprint density at radius 2 is 2.24 bits per heavy atom. The minimum absolute atomic E-state index is 0.234. The van der Waals surface area contributed by atoms with E-state index in [9.17, 15) is 0 Å². The van der Waals surface area contributed by atoms with E-state index in [1.807, 2.05) is 10.9 Å². The molecule has 0 radical (unpaired) electrons. The van der Waals surface area contributed by atoms with Crippen molar-refractivity contribution in [3.05, 3.63) is 18.0 Å². The van der Waals surface area contributed by atoms with E-state index >= 15 is 0 Å². The molecule has 17 heavy (non-hydrogen) atoms. The van der Waals surface area contributed by atoms with E-state index in [-0.39, 0.29) is 5.54 Å². The molecule has 0 unspecified atom stereocenters. The van der Waals surface area contributed by atoms with Crippen molar-refractivity contribution in [3.8, 4) is 0 Å². The first-order valence-corrected chi connectivity index (χ1v) is 6.48. The normalized spacial score (nSPS) is 21.0. The molecule has 0 atom stereocenters. The van der Waals surface area contributed by atoms with E-state index in [0.29, 0.717) is 6.04 Å². The van der Waals surface area contributed by atoms with Gasteiger partial charge in [0.05, 0.1) is 6.20 Å². The van der Waals surface area contributed by atoms with Crippen molar-refractivity contribution in [2.45, 2.75) is 45.8 Å². The van der Waals surface area contributed by atoms with Gasteiger partial charge in [0.1, 0.15) is 0 Å². The Hall–Kier alpha value is -0.870. The zero-order valence-electron chi connectivity index (χ0n) is 11.4. The van der Waals surface area contributed by atoms with Crippen LogP contribution in [0.5, 0.6) is 0 Å². The zero-order chi connectivity index (χ0) is 12.5. The lowest BCUT2D eigenvalue weighted by atomic mass is 10.00. The average molecular weight is 236 g/mol. The predicted molar refractivity (Wildman–Crippen MR) is 70.0 cm³/mol. The number of hydrogen-bond acceptors (Lipinski definition) is 3. The molecule has 1 aliphatic rings. The van der Waals surface area contributed by atoms with Crippen molar-refractivity contribution in [2.75, 3.05) is 19.6 Å². The van der Waals surface area contributed by atoms with Crippen LogP contribution in [-0.4, -0.2) is 39.9 Å². The summed E-state index contributed by atoms with van der Waals surface area (Å²) in [6.45, 7) is 13.2. The predicted octanol–water partition coefficient (Wildman–Crippen LogP) is 1.65. The van der Waals surface area contributed by atoms with E-state index in [1.165, 1.54) is 5.56 Å². The third-order valence-corrected chi connectivity index (χ3v) is 3.53. The lowest BCUT2D eigenvalue weighted by Gasteiger charge is -2.42. The summed E-state index contributed by atoms with van der Waals surface area (Å²) < 4.78 is 2.03. The maximum Gasteiger partial charge on any atom is 0.0534 e. The number of aromatic nitrogens is 2. The first-order chi connectivity index (χ1) is 7.99. The molecule has 2 rings (SSSR count). The van der Waals surface area contributed by atoms with Crippen LogP contribution >= 0.6 is 0 Å². The van der Waals surface area contributed by atoms with Gasteiger partial charge in [0.2, 0.25) is 0 Å². The van der Waals surface area contributed by atoms with Crippen LogP contribution in [-0.2, 0) is 6.54 Å². The maximum absolute atomic E-state index is 4.40. The highest BCUT2D eigenvalue weighted by atomic mass is 15.3. The van der Waals surface area contributed by atoms with Gasteiger partial charge in [0.25, 0.3) is 0 Å². The number of nitrogens with zero attached hydrogens (tertiary/aromatic N) is 3. The van der Waals surface area contributed by atoms with Gasteiger partial charge in [-0.15, -0.1) is 0 Å². The Bertz CT molecular complexity index is 367. The number of nitrogens with one attached hydrogen (secondary N) is 1. The number of rotatable bonds is 3. The Kier molecular flexibility index (Phi) is 3.54. The minimum atomic E-state index is 0.234. The third kappa shape index (κ3) is 2.87. The molecule has 1 N–H and O–H groups in total. The summed E-state index contributed by atoms with van der Waals surface area (Å²) >= 11 is 0. The van der Waals surface area contributed by atoms with Crippen molar-refractivity contribution in [1.29, 1.82) is 0 Å². The first-order valence-electron chi connectivity index (χ1n) is 6.48. The van der Waals surface area contributed by atoms with Gasteiger partial charge in [-0.3, -0.25) is 9.58 Å². The Labute approximate surface area is 104 Å². The highest BCUT2D eigenvalue weighted by Gasteiger charge is 2.29. The fraction of sp³-hybridized carbons (Fsp3) is 0.769. The molecule has 96 valence electrons. The van der Waals surface area contributed by atoms with Gasteiger partial charge in [-0.1, -0.05) is 0 Å². The maximum atomic E-state index is 4.40. The fourth-order valence-corrected chi connectivity index (χ4v) is 2.28. The van der Waals surface area contributed by atoms with Crippen LogP contribution in [0.15, 0.2) is 12.4 Å². The molecule has 0 aromatic carbocycles. The van der Waals surface area contributed by atoms with Crippen LogP contribution in [0, 0.1) is 0 Å². The Morgan fingerprint density at radius 1 is 1.47 bits per heavy atom.